The normalized spacial score (nSPS) is 10.7. The Kier molecular flexibility index (Phi) is 5.57. The molecular formula is C18H21NO4. The van der Waals surface area contributed by atoms with Crippen molar-refractivity contribution in [2.45, 2.75) is 26.8 Å². The number of carbonyl (C=O) groups is 1. The Labute approximate surface area is 135 Å². The number of hydrogen-bond acceptors (Lipinski definition) is 3. The number of carboxylic acid groups (broad SMARTS) is 1. The Morgan fingerprint density at radius 3 is 2.74 bits per heavy atom. The lowest BCUT2D eigenvalue weighted by Gasteiger charge is -2.11. The van der Waals surface area contributed by atoms with Gasteiger partial charge in [-0.2, -0.15) is 0 Å². The first-order chi connectivity index (χ1) is 11.0. The van der Waals surface area contributed by atoms with Gasteiger partial charge in [0, 0.05) is 6.20 Å². The van der Waals surface area contributed by atoms with Gasteiger partial charge in [0.05, 0.1) is 18.7 Å². The van der Waals surface area contributed by atoms with Crippen molar-refractivity contribution in [3.05, 3.63) is 64.1 Å². The van der Waals surface area contributed by atoms with E-state index in [1.54, 1.807) is 36.5 Å². The summed E-state index contributed by atoms with van der Waals surface area (Å²) >= 11 is 0. The van der Waals surface area contributed by atoms with Crippen LogP contribution in [-0.2, 0) is 6.54 Å². The second-order valence-corrected chi connectivity index (χ2v) is 5.84. The van der Waals surface area contributed by atoms with E-state index in [1.807, 2.05) is 0 Å². The summed E-state index contributed by atoms with van der Waals surface area (Å²) in [5, 5.41) is 9.03. The highest BCUT2D eigenvalue weighted by molar-refractivity contribution is 5.87. The average Bonchev–Trinajstić information content (AvgIpc) is 2.51. The van der Waals surface area contributed by atoms with Gasteiger partial charge >= 0.3 is 5.97 Å². The van der Waals surface area contributed by atoms with Crippen LogP contribution < -0.4 is 10.3 Å². The van der Waals surface area contributed by atoms with Crippen molar-refractivity contribution < 1.29 is 14.6 Å². The predicted molar refractivity (Wildman–Crippen MR) is 88.2 cm³/mol. The Morgan fingerprint density at radius 2 is 2.04 bits per heavy atom. The van der Waals surface area contributed by atoms with E-state index in [4.69, 9.17) is 9.84 Å². The minimum atomic E-state index is -0.982. The van der Waals surface area contributed by atoms with Crippen molar-refractivity contribution in [1.82, 2.24) is 4.57 Å². The summed E-state index contributed by atoms with van der Waals surface area (Å²) in [4.78, 5) is 23.4. The summed E-state index contributed by atoms with van der Waals surface area (Å²) in [6.07, 6.45) is 2.56. The van der Waals surface area contributed by atoms with Crippen molar-refractivity contribution in [1.29, 1.82) is 0 Å². The zero-order valence-electron chi connectivity index (χ0n) is 13.4. The van der Waals surface area contributed by atoms with Crippen molar-refractivity contribution in [3.63, 3.8) is 0 Å². The molecule has 1 N–H and O–H groups in total. The number of hydrogen-bond donors (Lipinski definition) is 1. The lowest BCUT2D eigenvalue weighted by atomic mass is 10.1. The highest BCUT2D eigenvalue weighted by Crippen LogP contribution is 2.09. The van der Waals surface area contributed by atoms with E-state index < -0.39 is 5.97 Å². The van der Waals surface area contributed by atoms with Crippen molar-refractivity contribution >= 4 is 5.97 Å². The molecule has 2 rings (SSSR count). The lowest BCUT2D eigenvalue weighted by Crippen LogP contribution is -2.22. The molecule has 1 heterocycles. The van der Waals surface area contributed by atoms with E-state index in [1.165, 1.54) is 10.6 Å². The molecule has 0 aliphatic rings. The molecule has 23 heavy (non-hydrogen) atoms. The van der Waals surface area contributed by atoms with Crippen LogP contribution in [0.4, 0.5) is 0 Å². The highest BCUT2D eigenvalue weighted by atomic mass is 16.5. The summed E-state index contributed by atoms with van der Waals surface area (Å²) in [6.45, 7) is 5.01. The fourth-order valence-corrected chi connectivity index (χ4v) is 2.15. The smallest absolute Gasteiger partial charge is 0.335 e. The fraction of sp³-hybridized carbons (Fsp3) is 0.333. The van der Waals surface area contributed by atoms with E-state index in [2.05, 4.69) is 13.8 Å². The molecular weight excluding hydrogens is 294 g/mol. The lowest BCUT2D eigenvalue weighted by molar-refractivity contribution is 0.0696. The van der Waals surface area contributed by atoms with Gasteiger partial charge in [0.2, 0.25) is 0 Å². The second kappa shape index (κ2) is 7.63. The molecule has 1 aromatic heterocycles. The quantitative estimate of drug-likeness (QED) is 0.853. The first kappa shape index (κ1) is 16.8. The SMILES string of the molecule is CC(C)CCOc1cccn(Cc2cccc(C(=O)O)c2)c1=O. The first-order valence-corrected chi connectivity index (χ1v) is 7.62. The number of aromatic nitrogens is 1. The number of ether oxygens (including phenoxy) is 1. The van der Waals surface area contributed by atoms with Gasteiger partial charge in [-0.15, -0.1) is 0 Å². The molecule has 1 aromatic carbocycles. The van der Waals surface area contributed by atoms with E-state index in [0.29, 0.717) is 24.8 Å². The third-order valence-electron chi connectivity index (χ3n) is 3.46. The summed E-state index contributed by atoms with van der Waals surface area (Å²) in [5.41, 5.74) is 0.753. The fourth-order valence-electron chi connectivity index (χ4n) is 2.15. The molecule has 0 aliphatic carbocycles. The van der Waals surface area contributed by atoms with Crippen LogP contribution in [-0.4, -0.2) is 22.2 Å². The Balaban J connectivity index is 2.16. The number of pyridine rings is 1. The maximum atomic E-state index is 12.4. The molecule has 5 heteroatoms. The molecule has 122 valence electrons. The van der Waals surface area contributed by atoms with Crippen LogP contribution in [0.15, 0.2) is 47.4 Å². The zero-order valence-corrected chi connectivity index (χ0v) is 13.4. The van der Waals surface area contributed by atoms with Gasteiger partial charge in [0.15, 0.2) is 5.75 Å². The van der Waals surface area contributed by atoms with Gasteiger partial charge < -0.3 is 14.4 Å². The summed E-state index contributed by atoms with van der Waals surface area (Å²) in [5.74, 6) is -0.146. The molecule has 0 amide bonds. The van der Waals surface area contributed by atoms with Crippen LogP contribution in [0.3, 0.4) is 0 Å². The average molecular weight is 315 g/mol. The molecule has 0 spiro atoms. The van der Waals surface area contributed by atoms with Crippen molar-refractivity contribution in [3.8, 4) is 5.75 Å². The molecule has 0 bridgehead atoms. The molecule has 2 aromatic rings. The van der Waals surface area contributed by atoms with Gasteiger partial charge in [0.25, 0.3) is 5.56 Å². The summed E-state index contributed by atoms with van der Waals surface area (Å²) in [7, 11) is 0. The Bertz CT molecular complexity index is 734. The first-order valence-electron chi connectivity index (χ1n) is 7.62. The molecule has 5 nitrogen and oxygen atoms in total. The Morgan fingerprint density at radius 1 is 1.26 bits per heavy atom. The zero-order chi connectivity index (χ0) is 16.8. The highest BCUT2D eigenvalue weighted by Gasteiger charge is 2.07. The minimum absolute atomic E-state index is 0.208. The third-order valence-corrected chi connectivity index (χ3v) is 3.46. The standard InChI is InChI=1S/C18H21NO4/c1-13(2)8-10-23-16-7-4-9-19(17(16)20)12-14-5-3-6-15(11-14)18(21)22/h3-7,9,11,13H,8,10,12H2,1-2H3,(H,21,22). The predicted octanol–water partition coefficient (Wildman–Crippen LogP) is 3.02. The van der Waals surface area contributed by atoms with Gasteiger partial charge in [-0.1, -0.05) is 26.0 Å². The van der Waals surface area contributed by atoms with Crippen LogP contribution in [0.25, 0.3) is 0 Å². The van der Waals surface area contributed by atoms with E-state index >= 15 is 0 Å². The van der Waals surface area contributed by atoms with Gasteiger partial charge in [0.1, 0.15) is 0 Å². The van der Waals surface area contributed by atoms with Crippen LogP contribution in [0.2, 0.25) is 0 Å². The van der Waals surface area contributed by atoms with E-state index in [0.717, 1.165) is 12.0 Å². The summed E-state index contributed by atoms with van der Waals surface area (Å²) in [6, 6.07) is 9.99. The van der Waals surface area contributed by atoms with Crippen LogP contribution in [0, 0.1) is 5.92 Å². The van der Waals surface area contributed by atoms with Crippen LogP contribution >= 0.6 is 0 Å². The molecule has 0 unspecified atom stereocenters. The molecule has 0 atom stereocenters. The Hall–Kier alpha value is -2.56. The van der Waals surface area contributed by atoms with E-state index in [9.17, 15) is 9.59 Å². The molecule has 0 saturated heterocycles. The third kappa shape index (κ3) is 4.71. The number of benzene rings is 1. The maximum absolute atomic E-state index is 12.4. The van der Waals surface area contributed by atoms with Crippen LogP contribution in [0.1, 0.15) is 36.2 Å². The molecule has 0 radical (unpaired) electrons. The van der Waals surface area contributed by atoms with Crippen molar-refractivity contribution in [2.75, 3.05) is 6.61 Å². The van der Waals surface area contributed by atoms with Crippen LogP contribution in [0.5, 0.6) is 5.75 Å². The van der Waals surface area contributed by atoms with Gasteiger partial charge in [-0.3, -0.25) is 4.79 Å². The molecule has 0 saturated carbocycles. The number of nitrogens with zero attached hydrogens (tertiary/aromatic N) is 1. The van der Waals surface area contributed by atoms with Crippen molar-refractivity contribution in [2.24, 2.45) is 5.92 Å². The van der Waals surface area contributed by atoms with Gasteiger partial charge in [-0.05, 0) is 42.2 Å². The molecule has 0 fully saturated rings. The van der Waals surface area contributed by atoms with Gasteiger partial charge in [-0.25, -0.2) is 4.79 Å². The monoisotopic (exact) mass is 315 g/mol. The minimum Gasteiger partial charge on any atom is -0.488 e. The number of rotatable bonds is 7. The van der Waals surface area contributed by atoms with E-state index in [-0.39, 0.29) is 11.1 Å². The molecule has 0 aliphatic heterocycles. The summed E-state index contributed by atoms with van der Waals surface area (Å²) < 4.78 is 7.08. The topological polar surface area (TPSA) is 68.5 Å². The largest absolute Gasteiger partial charge is 0.488 e. The maximum Gasteiger partial charge on any atom is 0.335 e. The number of aromatic carboxylic acids is 1. The second-order valence-electron chi connectivity index (χ2n) is 5.84. The number of carboxylic acids is 1.